The molecule has 0 saturated heterocycles. The number of anilines is 1. The average Bonchev–Trinajstić information content (AvgIpc) is 2.80. The Balaban J connectivity index is 2.07. The molecule has 1 amide bonds. The fourth-order valence-corrected chi connectivity index (χ4v) is 2.20. The zero-order valence-corrected chi connectivity index (χ0v) is 11.2. The van der Waals surface area contributed by atoms with Crippen molar-refractivity contribution in [1.29, 1.82) is 0 Å². The summed E-state index contributed by atoms with van der Waals surface area (Å²) < 4.78 is 6.05. The zero-order chi connectivity index (χ0) is 12.7. The summed E-state index contributed by atoms with van der Waals surface area (Å²) in [5.41, 5.74) is 2.61. The van der Waals surface area contributed by atoms with Crippen LogP contribution in [0.3, 0.4) is 0 Å². The van der Waals surface area contributed by atoms with Gasteiger partial charge in [-0.25, -0.2) is 4.98 Å². The number of carbonyl (C=O) groups excluding carboxylic acids is 1. The third-order valence-corrected chi connectivity index (χ3v) is 3.30. The Kier molecular flexibility index (Phi) is 2.59. The Labute approximate surface area is 112 Å². The van der Waals surface area contributed by atoms with Gasteiger partial charge in [-0.05, 0) is 34.1 Å². The monoisotopic (exact) mass is 307 g/mol. The maximum absolute atomic E-state index is 11.6. The molecule has 2 aromatic rings. The standard InChI is InChI=1S/C12H10BrN3O2/c1-16-9-4-7(8-5-14-12(13)15-8)2-3-10(9)18-6-11(16)17/h2-5H,6H2,1H3,(H,14,15). The van der Waals surface area contributed by atoms with Gasteiger partial charge in [0, 0.05) is 12.6 Å². The van der Waals surface area contributed by atoms with Crippen molar-refractivity contribution in [3.8, 4) is 17.0 Å². The maximum atomic E-state index is 11.6. The van der Waals surface area contributed by atoms with Gasteiger partial charge in [0.1, 0.15) is 5.75 Å². The van der Waals surface area contributed by atoms with Crippen molar-refractivity contribution in [2.75, 3.05) is 18.6 Å². The smallest absolute Gasteiger partial charge is 0.264 e. The molecule has 0 bridgehead atoms. The lowest BCUT2D eigenvalue weighted by molar-refractivity contribution is -0.120. The molecule has 5 nitrogen and oxygen atoms in total. The van der Waals surface area contributed by atoms with E-state index in [4.69, 9.17) is 4.74 Å². The first-order chi connectivity index (χ1) is 8.65. The van der Waals surface area contributed by atoms with Crippen LogP contribution in [0, 0.1) is 0 Å². The van der Waals surface area contributed by atoms with E-state index < -0.39 is 0 Å². The number of nitrogens with one attached hydrogen (secondary N) is 1. The number of H-pyrrole nitrogens is 1. The molecule has 18 heavy (non-hydrogen) atoms. The number of nitrogens with zero attached hydrogens (tertiary/aromatic N) is 2. The normalized spacial score (nSPS) is 14.3. The quantitative estimate of drug-likeness (QED) is 0.878. The van der Waals surface area contributed by atoms with E-state index in [-0.39, 0.29) is 12.5 Å². The average molecular weight is 308 g/mol. The van der Waals surface area contributed by atoms with Gasteiger partial charge in [0.2, 0.25) is 0 Å². The van der Waals surface area contributed by atoms with Crippen LogP contribution in [0.15, 0.2) is 29.1 Å². The molecule has 0 spiro atoms. The number of amides is 1. The molecular formula is C12H10BrN3O2. The second-order valence-electron chi connectivity index (χ2n) is 4.01. The molecule has 1 aliphatic rings. The number of ether oxygens (including phenoxy) is 1. The third kappa shape index (κ3) is 1.78. The van der Waals surface area contributed by atoms with Crippen LogP contribution in [0.4, 0.5) is 5.69 Å². The highest BCUT2D eigenvalue weighted by Gasteiger charge is 2.22. The molecule has 2 heterocycles. The van der Waals surface area contributed by atoms with Gasteiger partial charge in [-0.3, -0.25) is 4.79 Å². The number of benzene rings is 1. The summed E-state index contributed by atoms with van der Waals surface area (Å²) in [5, 5.41) is 0. The summed E-state index contributed by atoms with van der Waals surface area (Å²) in [6.45, 7) is 0.0957. The minimum Gasteiger partial charge on any atom is -0.482 e. The first-order valence-electron chi connectivity index (χ1n) is 5.39. The van der Waals surface area contributed by atoms with Crippen molar-refractivity contribution in [1.82, 2.24) is 9.97 Å². The van der Waals surface area contributed by atoms with Crippen LogP contribution in [0.25, 0.3) is 11.3 Å². The van der Waals surface area contributed by atoms with Crippen LogP contribution < -0.4 is 9.64 Å². The summed E-state index contributed by atoms with van der Waals surface area (Å²) >= 11 is 3.27. The van der Waals surface area contributed by atoms with Gasteiger partial charge >= 0.3 is 0 Å². The van der Waals surface area contributed by atoms with Crippen LogP contribution in [0.2, 0.25) is 0 Å². The predicted octanol–water partition coefficient (Wildman–Crippen LogP) is 2.19. The Morgan fingerprint density at radius 3 is 3.06 bits per heavy atom. The van der Waals surface area contributed by atoms with Gasteiger partial charge in [-0.15, -0.1) is 0 Å². The molecule has 0 saturated carbocycles. The molecule has 3 rings (SSSR count). The maximum Gasteiger partial charge on any atom is 0.264 e. The fraction of sp³-hybridized carbons (Fsp3) is 0.167. The molecular weight excluding hydrogens is 298 g/mol. The summed E-state index contributed by atoms with van der Waals surface area (Å²) in [7, 11) is 1.75. The molecule has 0 radical (unpaired) electrons. The number of likely N-dealkylation sites (N-methyl/N-ethyl adjacent to an activating group) is 1. The fourth-order valence-electron chi connectivity index (χ4n) is 1.88. The Morgan fingerprint density at radius 2 is 2.33 bits per heavy atom. The number of halogens is 1. The predicted molar refractivity (Wildman–Crippen MR) is 70.6 cm³/mol. The number of hydrogen-bond acceptors (Lipinski definition) is 3. The van der Waals surface area contributed by atoms with E-state index >= 15 is 0 Å². The van der Waals surface area contributed by atoms with E-state index in [1.54, 1.807) is 18.1 Å². The second kappa shape index (κ2) is 4.13. The minimum atomic E-state index is -0.0505. The second-order valence-corrected chi connectivity index (χ2v) is 4.76. The molecule has 1 aromatic carbocycles. The summed E-state index contributed by atoms with van der Waals surface area (Å²) in [5.74, 6) is 0.671. The van der Waals surface area contributed by atoms with Gasteiger partial charge < -0.3 is 14.6 Å². The van der Waals surface area contributed by atoms with Gasteiger partial charge in [0.25, 0.3) is 5.91 Å². The molecule has 1 N–H and O–H groups in total. The van der Waals surface area contributed by atoms with Gasteiger partial charge in [-0.2, -0.15) is 0 Å². The van der Waals surface area contributed by atoms with Crippen molar-refractivity contribution in [2.24, 2.45) is 0 Å². The molecule has 1 aliphatic heterocycles. The Morgan fingerprint density at radius 1 is 1.50 bits per heavy atom. The SMILES string of the molecule is CN1C(=O)COc2ccc(-c3cnc(Br)[nH]3)cc21. The number of imidazole rings is 1. The van der Waals surface area contributed by atoms with E-state index in [1.807, 2.05) is 18.2 Å². The van der Waals surface area contributed by atoms with Gasteiger partial charge in [0.05, 0.1) is 17.6 Å². The first kappa shape index (κ1) is 11.3. The van der Waals surface area contributed by atoms with Crippen LogP contribution >= 0.6 is 15.9 Å². The summed E-state index contributed by atoms with van der Waals surface area (Å²) in [4.78, 5) is 20.4. The Bertz CT molecular complexity index is 624. The molecule has 1 aromatic heterocycles. The van der Waals surface area contributed by atoms with Gasteiger partial charge in [0.15, 0.2) is 11.3 Å². The number of aromatic nitrogens is 2. The summed E-state index contributed by atoms with van der Waals surface area (Å²) in [6.07, 6.45) is 1.73. The van der Waals surface area contributed by atoms with Crippen LogP contribution in [0.5, 0.6) is 5.75 Å². The van der Waals surface area contributed by atoms with Gasteiger partial charge in [-0.1, -0.05) is 0 Å². The molecule has 0 unspecified atom stereocenters. The first-order valence-corrected chi connectivity index (χ1v) is 6.19. The molecule has 6 heteroatoms. The van der Waals surface area contributed by atoms with E-state index in [1.165, 1.54) is 0 Å². The largest absolute Gasteiger partial charge is 0.482 e. The van der Waals surface area contributed by atoms with Crippen molar-refractivity contribution in [3.05, 3.63) is 29.1 Å². The number of aromatic amines is 1. The molecule has 92 valence electrons. The van der Waals surface area contributed by atoms with E-state index in [9.17, 15) is 4.79 Å². The lowest BCUT2D eigenvalue weighted by Crippen LogP contribution is -2.35. The van der Waals surface area contributed by atoms with Crippen molar-refractivity contribution >= 4 is 27.5 Å². The van der Waals surface area contributed by atoms with E-state index in [2.05, 4.69) is 25.9 Å². The molecule has 0 fully saturated rings. The van der Waals surface area contributed by atoms with Crippen LogP contribution in [-0.4, -0.2) is 29.5 Å². The highest BCUT2D eigenvalue weighted by Crippen LogP contribution is 2.34. The zero-order valence-electron chi connectivity index (χ0n) is 9.61. The van der Waals surface area contributed by atoms with E-state index in [0.717, 1.165) is 22.7 Å². The molecule has 0 aliphatic carbocycles. The lowest BCUT2D eigenvalue weighted by atomic mass is 10.1. The van der Waals surface area contributed by atoms with Crippen molar-refractivity contribution in [3.63, 3.8) is 0 Å². The highest BCUT2D eigenvalue weighted by molar-refractivity contribution is 9.10. The topological polar surface area (TPSA) is 58.2 Å². The number of rotatable bonds is 1. The highest BCUT2D eigenvalue weighted by atomic mass is 79.9. The number of carbonyl (C=O) groups is 1. The van der Waals surface area contributed by atoms with Crippen LogP contribution in [0.1, 0.15) is 0 Å². The van der Waals surface area contributed by atoms with E-state index in [0.29, 0.717) is 4.73 Å². The summed E-state index contributed by atoms with van der Waals surface area (Å²) in [6, 6.07) is 5.71. The van der Waals surface area contributed by atoms with Crippen LogP contribution in [-0.2, 0) is 4.79 Å². The minimum absolute atomic E-state index is 0.0505. The third-order valence-electron chi connectivity index (χ3n) is 2.90. The van der Waals surface area contributed by atoms with Crippen molar-refractivity contribution in [2.45, 2.75) is 0 Å². The molecule has 0 atom stereocenters. The Hall–Kier alpha value is -1.82. The number of hydrogen-bond donors (Lipinski definition) is 1. The number of fused-ring (bicyclic) bond motifs is 1. The van der Waals surface area contributed by atoms with Crippen molar-refractivity contribution < 1.29 is 9.53 Å². The lowest BCUT2D eigenvalue weighted by Gasteiger charge is -2.26.